The zero-order chi connectivity index (χ0) is 19.6. The molecular formula is C16H18ClN3O5S2. The molecule has 1 aliphatic heterocycles. The summed E-state index contributed by atoms with van der Waals surface area (Å²) in [4.78, 5) is 27.3. The van der Waals surface area contributed by atoms with Crippen LogP contribution in [-0.2, 0) is 14.8 Å². The lowest BCUT2D eigenvalue weighted by molar-refractivity contribution is -0.134. The van der Waals surface area contributed by atoms with Crippen molar-refractivity contribution in [3.05, 3.63) is 44.6 Å². The Morgan fingerprint density at radius 3 is 2.52 bits per heavy atom. The van der Waals surface area contributed by atoms with Crippen LogP contribution in [0.4, 0.5) is 0 Å². The number of amides is 1. The molecule has 0 aliphatic carbocycles. The molecule has 0 radical (unpaired) electrons. The van der Waals surface area contributed by atoms with Gasteiger partial charge >= 0.3 is 4.87 Å². The second-order valence-electron chi connectivity index (χ2n) is 5.93. The van der Waals surface area contributed by atoms with Crippen molar-refractivity contribution in [1.82, 2.24) is 14.2 Å². The standard InChI is InChI=1S/C16H18ClN3O5S2/c1-11-15(26-16(22)18-11)27(23,24)20-8-6-19(7-9-20)14(21)10-25-13-5-3-2-4-12(13)17/h2-5H,6-10H2,1H3,(H,18,22). The number of aryl methyl sites for hydroxylation is 1. The molecule has 146 valence electrons. The number of carbonyl (C=O) groups excluding carboxylic acids is 1. The van der Waals surface area contributed by atoms with Gasteiger partial charge in [0.2, 0.25) is 0 Å². The van der Waals surface area contributed by atoms with E-state index in [1.807, 2.05) is 0 Å². The number of nitrogens with zero attached hydrogens (tertiary/aromatic N) is 2. The Morgan fingerprint density at radius 1 is 1.26 bits per heavy atom. The van der Waals surface area contributed by atoms with E-state index in [0.29, 0.717) is 27.8 Å². The van der Waals surface area contributed by atoms with Crippen LogP contribution in [0.2, 0.25) is 5.02 Å². The number of carbonyl (C=O) groups is 1. The van der Waals surface area contributed by atoms with Gasteiger partial charge in [0.05, 0.1) is 5.02 Å². The number of piperazine rings is 1. The Morgan fingerprint density at radius 2 is 1.93 bits per heavy atom. The van der Waals surface area contributed by atoms with Crippen LogP contribution >= 0.6 is 22.9 Å². The summed E-state index contributed by atoms with van der Waals surface area (Å²) in [5, 5.41) is 0.419. The fourth-order valence-corrected chi connectivity index (χ4v) is 5.77. The van der Waals surface area contributed by atoms with Gasteiger partial charge in [-0.1, -0.05) is 35.1 Å². The zero-order valence-electron chi connectivity index (χ0n) is 14.5. The Labute approximate surface area is 165 Å². The third-order valence-corrected chi connectivity index (χ3v) is 7.93. The summed E-state index contributed by atoms with van der Waals surface area (Å²) in [6.07, 6.45) is 0. The van der Waals surface area contributed by atoms with Gasteiger partial charge in [-0.15, -0.1) is 0 Å². The molecule has 0 atom stereocenters. The normalized spacial score (nSPS) is 15.7. The third-order valence-electron chi connectivity index (χ3n) is 4.13. The molecule has 1 aromatic heterocycles. The molecule has 1 aliphatic rings. The SMILES string of the molecule is Cc1[nH]c(=O)sc1S(=O)(=O)N1CCN(C(=O)COc2ccccc2Cl)CC1. The van der Waals surface area contributed by atoms with Crippen molar-refractivity contribution in [3.8, 4) is 5.75 Å². The fraction of sp³-hybridized carbons (Fsp3) is 0.375. The number of halogens is 1. The molecule has 1 amide bonds. The summed E-state index contributed by atoms with van der Waals surface area (Å²) in [7, 11) is -3.75. The molecule has 11 heteroatoms. The first-order chi connectivity index (χ1) is 12.8. The van der Waals surface area contributed by atoms with E-state index in [4.69, 9.17) is 16.3 Å². The van der Waals surface area contributed by atoms with E-state index in [-0.39, 0.29) is 42.9 Å². The van der Waals surface area contributed by atoms with Crippen molar-refractivity contribution in [1.29, 1.82) is 0 Å². The summed E-state index contributed by atoms with van der Waals surface area (Å²) in [5.41, 5.74) is 0.330. The molecule has 8 nitrogen and oxygen atoms in total. The van der Waals surface area contributed by atoms with Gasteiger partial charge in [0.25, 0.3) is 15.9 Å². The molecule has 27 heavy (non-hydrogen) atoms. The van der Waals surface area contributed by atoms with Gasteiger partial charge in [-0.2, -0.15) is 4.31 Å². The summed E-state index contributed by atoms with van der Waals surface area (Å²) in [6, 6.07) is 6.86. The molecule has 0 saturated carbocycles. The molecule has 0 unspecified atom stereocenters. The van der Waals surface area contributed by atoms with Crippen molar-refractivity contribution in [2.24, 2.45) is 0 Å². The lowest BCUT2D eigenvalue weighted by atomic mass is 10.3. The summed E-state index contributed by atoms with van der Waals surface area (Å²) in [5.74, 6) is 0.181. The Hall–Kier alpha value is -1.88. The van der Waals surface area contributed by atoms with Gasteiger partial charge in [-0.25, -0.2) is 8.42 Å². The number of hydrogen-bond donors (Lipinski definition) is 1. The number of hydrogen-bond acceptors (Lipinski definition) is 6. The van der Waals surface area contributed by atoms with Crippen molar-refractivity contribution in [2.45, 2.75) is 11.1 Å². The first-order valence-corrected chi connectivity index (χ1v) is 10.8. The highest BCUT2D eigenvalue weighted by molar-refractivity contribution is 7.91. The van der Waals surface area contributed by atoms with Crippen LogP contribution in [0.1, 0.15) is 5.69 Å². The van der Waals surface area contributed by atoms with Crippen molar-refractivity contribution in [3.63, 3.8) is 0 Å². The number of aromatic amines is 1. The van der Waals surface area contributed by atoms with Gasteiger partial charge in [-0.3, -0.25) is 9.59 Å². The number of H-pyrrole nitrogens is 1. The van der Waals surface area contributed by atoms with E-state index in [9.17, 15) is 18.0 Å². The molecule has 0 spiro atoms. The predicted molar refractivity (Wildman–Crippen MR) is 102 cm³/mol. The van der Waals surface area contributed by atoms with Crippen molar-refractivity contribution < 1.29 is 17.9 Å². The molecule has 1 saturated heterocycles. The van der Waals surface area contributed by atoms with Crippen LogP contribution in [-0.4, -0.2) is 61.3 Å². The van der Waals surface area contributed by atoms with Crippen LogP contribution in [0, 0.1) is 6.92 Å². The van der Waals surface area contributed by atoms with Crippen molar-refractivity contribution >= 4 is 38.9 Å². The zero-order valence-corrected chi connectivity index (χ0v) is 16.9. The Balaban J connectivity index is 1.58. The molecule has 3 rings (SSSR count). The second-order valence-corrected chi connectivity index (χ2v) is 9.45. The highest BCUT2D eigenvalue weighted by atomic mass is 35.5. The number of nitrogens with one attached hydrogen (secondary N) is 1. The second kappa shape index (κ2) is 8.01. The summed E-state index contributed by atoms with van der Waals surface area (Å²) < 4.78 is 32.1. The highest BCUT2D eigenvalue weighted by Crippen LogP contribution is 2.24. The number of para-hydroxylation sites is 1. The maximum absolute atomic E-state index is 12.7. The molecule has 2 heterocycles. The fourth-order valence-electron chi connectivity index (χ4n) is 2.72. The number of ether oxygens (including phenoxy) is 1. The Bertz CT molecular complexity index is 993. The lowest BCUT2D eigenvalue weighted by Crippen LogP contribution is -2.51. The van der Waals surface area contributed by atoms with Crippen LogP contribution in [0.25, 0.3) is 0 Å². The van der Waals surface area contributed by atoms with Gasteiger partial charge < -0.3 is 14.6 Å². The average molecular weight is 432 g/mol. The highest BCUT2D eigenvalue weighted by Gasteiger charge is 2.32. The first kappa shape index (κ1) is 19.9. The van der Waals surface area contributed by atoms with Crippen LogP contribution in [0.15, 0.2) is 33.3 Å². The molecule has 1 aromatic carbocycles. The number of rotatable bonds is 5. The molecule has 2 aromatic rings. The first-order valence-electron chi connectivity index (χ1n) is 8.14. The third kappa shape index (κ3) is 4.34. The quantitative estimate of drug-likeness (QED) is 0.769. The van der Waals surface area contributed by atoms with E-state index >= 15 is 0 Å². The van der Waals surface area contributed by atoms with E-state index in [0.717, 1.165) is 0 Å². The maximum Gasteiger partial charge on any atom is 0.305 e. The predicted octanol–water partition coefficient (Wildman–Crippen LogP) is 1.31. The van der Waals surface area contributed by atoms with E-state index in [1.165, 1.54) is 4.31 Å². The Kier molecular flexibility index (Phi) is 5.89. The summed E-state index contributed by atoms with van der Waals surface area (Å²) in [6.45, 7) is 2.20. The largest absolute Gasteiger partial charge is 0.482 e. The van der Waals surface area contributed by atoms with Gasteiger partial charge in [0, 0.05) is 31.9 Å². The minimum Gasteiger partial charge on any atom is -0.482 e. The molecule has 1 N–H and O–H groups in total. The minimum absolute atomic E-state index is 0.0225. The van der Waals surface area contributed by atoms with Gasteiger partial charge in [0.1, 0.15) is 5.75 Å². The molecule has 1 fully saturated rings. The number of aromatic nitrogens is 1. The lowest BCUT2D eigenvalue weighted by Gasteiger charge is -2.33. The molecular weight excluding hydrogens is 414 g/mol. The summed E-state index contributed by atoms with van der Waals surface area (Å²) >= 11 is 6.66. The number of sulfonamides is 1. The average Bonchev–Trinajstić information content (AvgIpc) is 3.00. The van der Waals surface area contributed by atoms with Gasteiger partial charge in [0.15, 0.2) is 10.8 Å². The monoisotopic (exact) mass is 431 g/mol. The van der Waals surface area contributed by atoms with Crippen molar-refractivity contribution in [2.75, 3.05) is 32.8 Å². The number of benzene rings is 1. The smallest absolute Gasteiger partial charge is 0.305 e. The minimum atomic E-state index is -3.75. The van der Waals surface area contributed by atoms with E-state index in [1.54, 1.807) is 36.1 Å². The van der Waals surface area contributed by atoms with Crippen LogP contribution in [0.3, 0.4) is 0 Å². The topological polar surface area (TPSA) is 99.8 Å². The van der Waals surface area contributed by atoms with Crippen LogP contribution < -0.4 is 9.61 Å². The number of thiazole rings is 1. The molecule has 0 bridgehead atoms. The maximum atomic E-state index is 12.7. The van der Waals surface area contributed by atoms with Crippen LogP contribution in [0.5, 0.6) is 5.75 Å². The van der Waals surface area contributed by atoms with Gasteiger partial charge in [-0.05, 0) is 19.1 Å². The van der Waals surface area contributed by atoms with E-state index in [2.05, 4.69) is 4.98 Å². The van der Waals surface area contributed by atoms with E-state index < -0.39 is 14.9 Å².